The summed E-state index contributed by atoms with van der Waals surface area (Å²) in [6, 6.07) is 3.46. The third kappa shape index (κ3) is 3.31. The largest absolute Gasteiger partial charge is 0.454 e. The second kappa shape index (κ2) is 6.88. The zero-order chi connectivity index (χ0) is 18.0. The summed E-state index contributed by atoms with van der Waals surface area (Å²) in [5, 5.41) is 0.358. The third-order valence-corrected chi connectivity index (χ3v) is 3.97. The van der Waals surface area contributed by atoms with Gasteiger partial charge in [-0.3, -0.25) is 18.9 Å². The summed E-state index contributed by atoms with van der Waals surface area (Å²) < 4.78 is 8.40. The Balaban J connectivity index is 2.10. The van der Waals surface area contributed by atoms with E-state index in [1.54, 1.807) is 25.5 Å². The van der Waals surface area contributed by atoms with Crippen LogP contribution in [0.15, 0.2) is 40.3 Å². The topological polar surface area (TPSA) is 79.0 Å². The van der Waals surface area contributed by atoms with Crippen molar-refractivity contribution in [3.63, 3.8) is 0 Å². The molecule has 0 atom stereocenters. The van der Waals surface area contributed by atoms with Gasteiger partial charge in [0.25, 0.3) is 5.56 Å². The van der Waals surface area contributed by atoms with E-state index < -0.39 is 0 Å². The molecule has 0 amide bonds. The van der Waals surface area contributed by atoms with Crippen molar-refractivity contribution in [1.29, 1.82) is 0 Å². The van der Waals surface area contributed by atoms with Crippen molar-refractivity contribution in [2.75, 3.05) is 0 Å². The average Bonchev–Trinajstić information content (AvgIpc) is 2.60. The number of hydrogen-bond acceptors (Lipinski definition) is 5. The number of hydrogen-bond donors (Lipinski definition) is 0. The summed E-state index contributed by atoms with van der Waals surface area (Å²) in [5.74, 6) is 0.995. The zero-order valence-electron chi connectivity index (χ0n) is 14.5. The van der Waals surface area contributed by atoms with Crippen LogP contribution in [0.5, 0.6) is 11.5 Å². The molecule has 0 aliphatic carbocycles. The van der Waals surface area contributed by atoms with Crippen LogP contribution in [0.3, 0.4) is 0 Å². The molecule has 130 valence electrons. The average molecular weight is 340 g/mol. The van der Waals surface area contributed by atoms with Crippen LogP contribution >= 0.6 is 0 Å². The molecular weight excluding hydrogens is 320 g/mol. The Hall–Kier alpha value is -2.96. The van der Waals surface area contributed by atoms with Crippen molar-refractivity contribution < 1.29 is 4.74 Å². The van der Waals surface area contributed by atoms with Gasteiger partial charge in [0.2, 0.25) is 0 Å². The van der Waals surface area contributed by atoms with Crippen molar-refractivity contribution in [3.8, 4) is 11.5 Å². The van der Waals surface area contributed by atoms with E-state index in [4.69, 9.17) is 4.74 Å². The molecule has 3 aromatic rings. The van der Waals surface area contributed by atoms with Gasteiger partial charge in [0.1, 0.15) is 17.1 Å². The van der Waals surface area contributed by atoms with E-state index >= 15 is 0 Å². The van der Waals surface area contributed by atoms with Crippen molar-refractivity contribution in [3.05, 3.63) is 57.1 Å². The Bertz CT molecular complexity index is 1040. The maximum atomic E-state index is 12.7. The number of ether oxygens (including phenoxy) is 1. The molecule has 0 unspecified atom stereocenters. The fourth-order valence-corrected chi connectivity index (χ4v) is 2.66. The first-order valence-electron chi connectivity index (χ1n) is 8.20. The van der Waals surface area contributed by atoms with Crippen LogP contribution in [0.25, 0.3) is 11.0 Å². The molecule has 3 heterocycles. The highest BCUT2D eigenvalue weighted by atomic mass is 16.5. The van der Waals surface area contributed by atoms with E-state index in [-0.39, 0.29) is 11.2 Å². The Morgan fingerprint density at radius 1 is 1.12 bits per heavy atom. The van der Waals surface area contributed by atoms with Crippen LogP contribution in [0, 0.1) is 6.92 Å². The lowest BCUT2D eigenvalue weighted by Gasteiger charge is -2.11. The van der Waals surface area contributed by atoms with Crippen LogP contribution in [-0.2, 0) is 13.6 Å². The lowest BCUT2D eigenvalue weighted by molar-refractivity contribution is 0.478. The molecule has 0 N–H and O–H groups in total. The van der Waals surface area contributed by atoms with Crippen molar-refractivity contribution in [2.45, 2.75) is 33.2 Å². The van der Waals surface area contributed by atoms with E-state index in [0.29, 0.717) is 29.1 Å². The van der Waals surface area contributed by atoms with E-state index in [0.717, 1.165) is 18.4 Å². The standard InChI is InChI=1S/C18H20N4O3/c1-4-5-6-22-17(23)15-8-14(11-20-16(15)21(3)18(22)24)25-13-7-12(2)9-19-10-13/h7-11H,4-6H2,1-3H3. The summed E-state index contributed by atoms with van der Waals surface area (Å²) in [6.45, 7) is 4.32. The van der Waals surface area contributed by atoms with Gasteiger partial charge >= 0.3 is 5.69 Å². The third-order valence-electron chi connectivity index (χ3n) is 3.97. The maximum absolute atomic E-state index is 12.7. The highest BCUT2D eigenvalue weighted by Gasteiger charge is 2.13. The highest BCUT2D eigenvalue weighted by Crippen LogP contribution is 2.22. The Labute approximate surface area is 144 Å². The molecule has 0 fully saturated rings. The monoisotopic (exact) mass is 340 g/mol. The predicted octanol–water partition coefficient (Wildman–Crippen LogP) is 2.39. The van der Waals surface area contributed by atoms with E-state index in [1.807, 2.05) is 19.9 Å². The van der Waals surface area contributed by atoms with Gasteiger partial charge in [0, 0.05) is 19.8 Å². The van der Waals surface area contributed by atoms with Gasteiger partial charge < -0.3 is 4.74 Å². The second-order valence-corrected chi connectivity index (χ2v) is 5.99. The molecule has 0 radical (unpaired) electrons. The molecule has 0 saturated heterocycles. The van der Waals surface area contributed by atoms with Crippen LogP contribution in [0.1, 0.15) is 25.3 Å². The molecule has 7 nitrogen and oxygen atoms in total. The molecule has 0 aromatic carbocycles. The fraction of sp³-hybridized carbons (Fsp3) is 0.333. The van der Waals surface area contributed by atoms with Gasteiger partial charge in [-0.1, -0.05) is 13.3 Å². The minimum atomic E-state index is -0.352. The molecule has 0 aliphatic heterocycles. The predicted molar refractivity (Wildman–Crippen MR) is 95.2 cm³/mol. The minimum Gasteiger partial charge on any atom is -0.454 e. The Kier molecular flexibility index (Phi) is 4.65. The molecular formula is C18H20N4O3. The van der Waals surface area contributed by atoms with Crippen molar-refractivity contribution in [2.24, 2.45) is 7.05 Å². The lowest BCUT2D eigenvalue weighted by Crippen LogP contribution is -2.39. The lowest BCUT2D eigenvalue weighted by atomic mass is 10.3. The van der Waals surface area contributed by atoms with Gasteiger partial charge in [0.15, 0.2) is 0 Å². The smallest absolute Gasteiger partial charge is 0.332 e. The first-order chi connectivity index (χ1) is 12.0. The summed E-state index contributed by atoms with van der Waals surface area (Å²) in [7, 11) is 1.62. The molecule has 3 rings (SSSR count). The van der Waals surface area contributed by atoms with Gasteiger partial charge in [-0.05, 0) is 31.0 Å². The number of unbranched alkanes of at least 4 members (excludes halogenated alkanes) is 1. The van der Waals surface area contributed by atoms with Crippen molar-refractivity contribution in [1.82, 2.24) is 19.1 Å². The Morgan fingerprint density at radius 2 is 1.88 bits per heavy atom. The molecule has 0 saturated carbocycles. The zero-order valence-corrected chi connectivity index (χ0v) is 14.5. The summed E-state index contributed by atoms with van der Waals surface area (Å²) in [5.41, 5.74) is 0.620. The molecule has 0 aliphatic rings. The quantitative estimate of drug-likeness (QED) is 0.712. The van der Waals surface area contributed by atoms with Crippen LogP contribution in [-0.4, -0.2) is 19.1 Å². The molecule has 25 heavy (non-hydrogen) atoms. The number of nitrogens with zero attached hydrogens (tertiary/aromatic N) is 4. The van der Waals surface area contributed by atoms with Gasteiger partial charge in [0.05, 0.1) is 17.8 Å². The number of fused-ring (bicyclic) bond motifs is 1. The molecule has 3 aromatic heterocycles. The van der Waals surface area contributed by atoms with Crippen LogP contribution in [0.4, 0.5) is 0 Å². The number of rotatable bonds is 5. The van der Waals surface area contributed by atoms with E-state index in [2.05, 4.69) is 9.97 Å². The van der Waals surface area contributed by atoms with E-state index in [1.165, 1.54) is 15.3 Å². The van der Waals surface area contributed by atoms with Crippen LogP contribution < -0.4 is 16.0 Å². The number of aromatic nitrogens is 4. The summed E-state index contributed by atoms with van der Waals surface area (Å²) in [4.78, 5) is 33.4. The summed E-state index contributed by atoms with van der Waals surface area (Å²) in [6.07, 6.45) is 6.49. The normalized spacial score (nSPS) is 11.0. The fourth-order valence-electron chi connectivity index (χ4n) is 2.66. The van der Waals surface area contributed by atoms with Gasteiger partial charge in [-0.2, -0.15) is 0 Å². The Morgan fingerprint density at radius 3 is 2.60 bits per heavy atom. The minimum absolute atomic E-state index is 0.341. The second-order valence-electron chi connectivity index (χ2n) is 5.99. The molecule has 7 heteroatoms. The van der Waals surface area contributed by atoms with Gasteiger partial charge in [-0.15, -0.1) is 0 Å². The number of aryl methyl sites for hydroxylation is 2. The SMILES string of the molecule is CCCCn1c(=O)c2cc(Oc3cncc(C)c3)cnc2n(C)c1=O. The maximum Gasteiger partial charge on any atom is 0.332 e. The molecule has 0 spiro atoms. The first-order valence-corrected chi connectivity index (χ1v) is 8.20. The van der Waals surface area contributed by atoms with Gasteiger partial charge in [-0.25, -0.2) is 9.78 Å². The summed E-state index contributed by atoms with van der Waals surface area (Å²) >= 11 is 0. The molecule has 0 bridgehead atoms. The van der Waals surface area contributed by atoms with E-state index in [9.17, 15) is 9.59 Å². The number of pyridine rings is 2. The van der Waals surface area contributed by atoms with Crippen molar-refractivity contribution >= 4 is 11.0 Å². The first kappa shape index (κ1) is 16.9. The highest BCUT2D eigenvalue weighted by molar-refractivity contribution is 5.75. The van der Waals surface area contributed by atoms with Crippen LogP contribution in [0.2, 0.25) is 0 Å².